The van der Waals surface area contributed by atoms with Gasteiger partial charge in [0.15, 0.2) is 0 Å². The molecule has 1 rings (SSSR count). The van der Waals surface area contributed by atoms with Crippen LogP contribution in [0.4, 0.5) is 0 Å². The van der Waals surface area contributed by atoms with Crippen molar-refractivity contribution in [3.05, 3.63) is 17.0 Å². The lowest BCUT2D eigenvalue weighted by molar-refractivity contribution is -0.119. The number of thiophene rings is 1. The fourth-order valence-electron chi connectivity index (χ4n) is 1.59. The Balaban J connectivity index is 2.41. The average Bonchev–Trinajstić information content (AvgIpc) is 2.91. The van der Waals surface area contributed by atoms with Crippen LogP contribution in [0.5, 0.6) is 0 Å². The zero-order valence-electron chi connectivity index (χ0n) is 11.9. The molecule has 0 spiro atoms. The van der Waals surface area contributed by atoms with Crippen LogP contribution in [0.3, 0.4) is 0 Å². The number of unbranched alkanes of at least 4 members (excludes halogenated alkanes) is 2. The molecule has 0 unspecified atom stereocenters. The van der Waals surface area contributed by atoms with Gasteiger partial charge in [0.25, 0.3) is 10.0 Å². The lowest BCUT2D eigenvalue weighted by Crippen LogP contribution is -2.37. The van der Waals surface area contributed by atoms with Gasteiger partial charge in [0.2, 0.25) is 5.91 Å². The van der Waals surface area contributed by atoms with Crippen LogP contribution in [-0.2, 0) is 21.2 Å². The van der Waals surface area contributed by atoms with Crippen molar-refractivity contribution >= 4 is 27.3 Å². The number of carbonyl (C=O) groups excluding carboxylic acids is 1. The molecule has 0 radical (unpaired) electrons. The highest BCUT2D eigenvalue weighted by Gasteiger charge is 2.17. The van der Waals surface area contributed by atoms with E-state index in [0.717, 1.165) is 30.6 Å². The summed E-state index contributed by atoms with van der Waals surface area (Å²) in [6.45, 7) is 4.43. The molecule has 0 saturated carbocycles. The second-order valence-corrected chi connectivity index (χ2v) is 7.62. The van der Waals surface area contributed by atoms with E-state index >= 15 is 0 Å². The van der Waals surface area contributed by atoms with E-state index in [2.05, 4.69) is 17.0 Å². The Morgan fingerprint density at radius 1 is 1.25 bits per heavy atom. The van der Waals surface area contributed by atoms with E-state index in [4.69, 9.17) is 0 Å². The van der Waals surface area contributed by atoms with Gasteiger partial charge >= 0.3 is 0 Å². The molecule has 0 fully saturated rings. The van der Waals surface area contributed by atoms with Crippen molar-refractivity contribution in [1.29, 1.82) is 0 Å². The molecule has 0 aliphatic heterocycles. The average molecular weight is 318 g/mol. The van der Waals surface area contributed by atoms with Crippen LogP contribution in [0, 0.1) is 0 Å². The summed E-state index contributed by atoms with van der Waals surface area (Å²) in [5, 5.41) is 2.70. The molecule has 5 nitrogen and oxygen atoms in total. The van der Waals surface area contributed by atoms with Crippen molar-refractivity contribution in [2.75, 3.05) is 13.1 Å². The molecule has 0 atom stereocenters. The van der Waals surface area contributed by atoms with E-state index in [1.54, 1.807) is 12.1 Å². The standard InChI is InChI=1S/C13H22N2O3S2/c1-3-5-6-9-14-12(16)10-15-20(17,18)13-8-7-11(4-2)19-13/h7-8,15H,3-6,9-10H2,1-2H3,(H,14,16). The maximum Gasteiger partial charge on any atom is 0.250 e. The van der Waals surface area contributed by atoms with Crippen LogP contribution in [0.25, 0.3) is 0 Å². The number of hydrogen-bond donors (Lipinski definition) is 2. The summed E-state index contributed by atoms with van der Waals surface area (Å²) in [7, 11) is -3.57. The van der Waals surface area contributed by atoms with Gasteiger partial charge < -0.3 is 5.32 Å². The third-order valence-electron chi connectivity index (χ3n) is 2.78. The molecule has 0 aliphatic carbocycles. The minimum atomic E-state index is -3.57. The Hall–Kier alpha value is -0.920. The molecule has 0 aliphatic rings. The molecular weight excluding hydrogens is 296 g/mol. The number of carbonyl (C=O) groups is 1. The Bertz CT molecular complexity index is 523. The van der Waals surface area contributed by atoms with Crippen molar-refractivity contribution in [2.45, 2.75) is 43.7 Å². The predicted molar refractivity (Wildman–Crippen MR) is 81.4 cm³/mol. The minimum absolute atomic E-state index is 0.214. The highest BCUT2D eigenvalue weighted by atomic mass is 32.2. The smallest absolute Gasteiger partial charge is 0.250 e. The van der Waals surface area contributed by atoms with Crippen LogP contribution >= 0.6 is 11.3 Å². The summed E-state index contributed by atoms with van der Waals surface area (Å²) in [4.78, 5) is 12.5. The topological polar surface area (TPSA) is 75.3 Å². The van der Waals surface area contributed by atoms with Gasteiger partial charge in [0, 0.05) is 11.4 Å². The lowest BCUT2D eigenvalue weighted by atomic mass is 10.2. The zero-order chi connectivity index (χ0) is 15.0. The van der Waals surface area contributed by atoms with Gasteiger partial charge in [0.1, 0.15) is 4.21 Å². The second kappa shape index (κ2) is 8.39. The van der Waals surface area contributed by atoms with E-state index in [-0.39, 0.29) is 16.7 Å². The van der Waals surface area contributed by atoms with Crippen LogP contribution < -0.4 is 10.0 Å². The van der Waals surface area contributed by atoms with Gasteiger partial charge in [-0.1, -0.05) is 26.7 Å². The number of sulfonamides is 1. The fourth-order valence-corrected chi connectivity index (χ4v) is 3.91. The molecular formula is C13H22N2O3S2. The van der Waals surface area contributed by atoms with Crippen LogP contribution in [0.2, 0.25) is 0 Å². The van der Waals surface area contributed by atoms with E-state index in [0.29, 0.717) is 6.54 Å². The first-order valence-electron chi connectivity index (χ1n) is 6.84. The normalized spacial score (nSPS) is 11.5. The summed E-state index contributed by atoms with van der Waals surface area (Å²) in [5.41, 5.74) is 0. The quantitative estimate of drug-likeness (QED) is 0.683. The Kier molecular flexibility index (Phi) is 7.18. The highest BCUT2D eigenvalue weighted by Crippen LogP contribution is 2.21. The number of aryl methyl sites for hydroxylation is 1. The summed E-state index contributed by atoms with van der Waals surface area (Å²) in [6, 6.07) is 3.37. The van der Waals surface area contributed by atoms with Gasteiger partial charge in [-0.2, -0.15) is 0 Å². The van der Waals surface area contributed by atoms with E-state index < -0.39 is 10.0 Å². The summed E-state index contributed by atoms with van der Waals surface area (Å²) < 4.78 is 26.5. The van der Waals surface area contributed by atoms with E-state index in [9.17, 15) is 13.2 Å². The third kappa shape index (κ3) is 5.60. The number of rotatable bonds is 9. The molecule has 1 amide bonds. The summed E-state index contributed by atoms with van der Waals surface area (Å²) >= 11 is 1.23. The van der Waals surface area contributed by atoms with Crippen molar-refractivity contribution in [1.82, 2.24) is 10.0 Å². The first-order chi connectivity index (χ1) is 9.49. The Labute approximate surface area is 124 Å². The molecule has 114 valence electrons. The summed E-state index contributed by atoms with van der Waals surface area (Å²) in [6.07, 6.45) is 3.86. The number of hydrogen-bond acceptors (Lipinski definition) is 4. The molecule has 0 saturated heterocycles. The molecule has 0 bridgehead atoms. The van der Waals surface area contributed by atoms with Crippen molar-refractivity contribution in [2.24, 2.45) is 0 Å². The van der Waals surface area contributed by atoms with Crippen molar-refractivity contribution in [3.8, 4) is 0 Å². The lowest BCUT2D eigenvalue weighted by Gasteiger charge is -2.06. The largest absolute Gasteiger partial charge is 0.355 e. The monoisotopic (exact) mass is 318 g/mol. The van der Waals surface area contributed by atoms with Gasteiger partial charge in [-0.3, -0.25) is 4.79 Å². The van der Waals surface area contributed by atoms with Gasteiger partial charge in [-0.15, -0.1) is 11.3 Å². The maximum atomic E-state index is 12.0. The Morgan fingerprint density at radius 2 is 2.00 bits per heavy atom. The third-order valence-corrected chi connectivity index (χ3v) is 5.90. The first kappa shape index (κ1) is 17.1. The molecule has 2 N–H and O–H groups in total. The molecule has 7 heteroatoms. The van der Waals surface area contributed by atoms with Crippen molar-refractivity contribution in [3.63, 3.8) is 0 Å². The molecule has 20 heavy (non-hydrogen) atoms. The Morgan fingerprint density at radius 3 is 2.60 bits per heavy atom. The van der Waals surface area contributed by atoms with Crippen LogP contribution in [0.15, 0.2) is 16.3 Å². The van der Waals surface area contributed by atoms with Gasteiger partial charge in [0.05, 0.1) is 6.54 Å². The first-order valence-corrected chi connectivity index (χ1v) is 9.14. The van der Waals surface area contributed by atoms with Gasteiger partial charge in [-0.05, 0) is 25.0 Å². The van der Waals surface area contributed by atoms with E-state index in [1.165, 1.54) is 11.3 Å². The molecule has 1 aromatic heterocycles. The van der Waals surface area contributed by atoms with Crippen LogP contribution in [-0.4, -0.2) is 27.4 Å². The molecule has 0 aromatic carbocycles. The molecule has 1 heterocycles. The van der Waals surface area contributed by atoms with Crippen LogP contribution in [0.1, 0.15) is 38.0 Å². The zero-order valence-corrected chi connectivity index (χ0v) is 13.6. The minimum Gasteiger partial charge on any atom is -0.355 e. The number of amides is 1. The maximum absolute atomic E-state index is 12.0. The highest BCUT2D eigenvalue weighted by molar-refractivity contribution is 7.91. The van der Waals surface area contributed by atoms with Gasteiger partial charge in [-0.25, -0.2) is 13.1 Å². The van der Waals surface area contributed by atoms with Crippen molar-refractivity contribution < 1.29 is 13.2 Å². The summed E-state index contributed by atoms with van der Waals surface area (Å²) in [5.74, 6) is -0.294. The second-order valence-electron chi connectivity index (χ2n) is 4.46. The fraction of sp³-hybridized carbons (Fsp3) is 0.615. The van der Waals surface area contributed by atoms with E-state index in [1.807, 2.05) is 6.92 Å². The predicted octanol–water partition coefficient (Wildman–Crippen LogP) is 1.90. The number of nitrogens with one attached hydrogen (secondary N) is 2. The SMILES string of the molecule is CCCCCNC(=O)CNS(=O)(=O)c1ccc(CC)s1. The molecule has 1 aromatic rings.